The summed E-state index contributed by atoms with van der Waals surface area (Å²) >= 11 is 1.27. The SMILES string of the molecule is CCc1ccc(N(C(C)=O)c2nc(COC(=O)c3cc(=O)c4ccccc4o3)cs2)cc1. The third kappa shape index (κ3) is 4.45. The number of hydrogen-bond donors (Lipinski definition) is 0. The summed E-state index contributed by atoms with van der Waals surface area (Å²) in [6.45, 7) is 3.41. The number of aromatic nitrogens is 1. The van der Waals surface area contributed by atoms with Gasteiger partial charge in [0.15, 0.2) is 10.6 Å². The van der Waals surface area contributed by atoms with E-state index in [1.54, 1.807) is 29.6 Å². The lowest BCUT2D eigenvalue weighted by molar-refractivity contribution is -0.115. The number of amides is 1. The van der Waals surface area contributed by atoms with E-state index in [9.17, 15) is 14.4 Å². The summed E-state index contributed by atoms with van der Waals surface area (Å²) in [5.41, 5.74) is 2.36. The van der Waals surface area contributed by atoms with Crippen molar-refractivity contribution >= 4 is 45.0 Å². The third-order valence-electron chi connectivity index (χ3n) is 4.84. The van der Waals surface area contributed by atoms with Crippen molar-refractivity contribution in [1.29, 1.82) is 0 Å². The van der Waals surface area contributed by atoms with Gasteiger partial charge in [0.25, 0.3) is 0 Å². The van der Waals surface area contributed by atoms with Crippen LogP contribution in [0.2, 0.25) is 0 Å². The van der Waals surface area contributed by atoms with Crippen molar-refractivity contribution in [3.63, 3.8) is 0 Å². The minimum Gasteiger partial charge on any atom is -0.453 e. The predicted octanol–water partition coefficient (Wildman–Crippen LogP) is 4.85. The van der Waals surface area contributed by atoms with E-state index < -0.39 is 5.97 Å². The second kappa shape index (κ2) is 9.15. The highest BCUT2D eigenvalue weighted by Gasteiger charge is 2.19. The molecule has 4 rings (SSSR count). The Kier molecular flexibility index (Phi) is 6.13. The first kappa shape index (κ1) is 21.5. The van der Waals surface area contributed by atoms with Gasteiger partial charge in [-0.2, -0.15) is 0 Å². The largest absolute Gasteiger partial charge is 0.453 e. The van der Waals surface area contributed by atoms with Gasteiger partial charge in [0, 0.05) is 18.4 Å². The van der Waals surface area contributed by atoms with Gasteiger partial charge in [-0.05, 0) is 36.2 Å². The van der Waals surface area contributed by atoms with Crippen LogP contribution in [0.15, 0.2) is 69.2 Å². The number of thiazole rings is 1. The highest BCUT2D eigenvalue weighted by Crippen LogP contribution is 2.29. The molecule has 0 atom stereocenters. The van der Waals surface area contributed by atoms with Crippen molar-refractivity contribution < 1.29 is 18.7 Å². The molecule has 0 aliphatic heterocycles. The van der Waals surface area contributed by atoms with Crippen LogP contribution in [0.5, 0.6) is 0 Å². The summed E-state index contributed by atoms with van der Waals surface area (Å²) in [4.78, 5) is 42.8. The van der Waals surface area contributed by atoms with E-state index in [-0.39, 0.29) is 23.7 Å². The molecule has 162 valence electrons. The molecule has 4 aromatic rings. The minimum absolute atomic E-state index is 0.119. The maximum atomic E-state index is 12.4. The number of fused-ring (bicyclic) bond motifs is 1. The summed E-state index contributed by atoms with van der Waals surface area (Å²) < 4.78 is 10.8. The number of para-hydroxylation sites is 1. The number of benzene rings is 2. The average molecular weight is 449 g/mol. The Morgan fingerprint density at radius 3 is 2.59 bits per heavy atom. The fourth-order valence-corrected chi connectivity index (χ4v) is 4.06. The number of anilines is 2. The first-order valence-electron chi connectivity index (χ1n) is 10.0. The van der Waals surface area contributed by atoms with Crippen LogP contribution in [0, 0.1) is 0 Å². The fraction of sp³-hybridized carbons (Fsp3) is 0.167. The highest BCUT2D eigenvalue weighted by atomic mass is 32.1. The molecular formula is C24H20N2O5S. The molecule has 0 bridgehead atoms. The van der Waals surface area contributed by atoms with Gasteiger partial charge in [0.05, 0.1) is 16.8 Å². The highest BCUT2D eigenvalue weighted by molar-refractivity contribution is 7.14. The Hall–Kier alpha value is -3.78. The van der Waals surface area contributed by atoms with E-state index >= 15 is 0 Å². The molecule has 2 aromatic heterocycles. The molecule has 0 fully saturated rings. The van der Waals surface area contributed by atoms with Crippen LogP contribution in [-0.4, -0.2) is 16.9 Å². The van der Waals surface area contributed by atoms with Crippen LogP contribution >= 0.6 is 11.3 Å². The summed E-state index contributed by atoms with van der Waals surface area (Å²) in [5, 5.41) is 2.59. The molecule has 0 saturated heterocycles. The Morgan fingerprint density at radius 2 is 1.88 bits per heavy atom. The zero-order valence-corrected chi connectivity index (χ0v) is 18.3. The van der Waals surface area contributed by atoms with E-state index in [0.29, 0.717) is 27.5 Å². The lowest BCUT2D eigenvalue weighted by Crippen LogP contribution is -2.22. The number of nitrogens with zero attached hydrogens (tertiary/aromatic N) is 2. The molecule has 2 heterocycles. The van der Waals surface area contributed by atoms with Crippen LogP contribution < -0.4 is 10.3 Å². The number of rotatable bonds is 6. The molecule has 2 aromatic carbocycles. The molecule has 0 radical (unpaired) electrons. The molecule has 1 amide bonds. The van der Waals surface area contributed by atoms with Crippen molar-refractivity contribution in [3.8, 4) is 0 Å². The molecular weight excluding hydrogens is 428 g/mol. The standard InChI is InChI=1S/C24H20N2O5S/c1-3-16-8-10-18(11-9-16)26(15(2)27)24-25-17(14-32-24)13-30-23(29)22-12-20(28)19-6-4-5-7-21(19)31-22/h4-12,14H,3,13H2,1-2H3. The van der Waals surface area contributed by atoms with Crippen molar-refractivity contribution in [3.05, 3.63) is 87.2 Å². The second-order valence-electron chi connectivity index (χ2n) is 7.04. The van der Waals surface area contributed by atoms with Gasteiger partial charge >= 0.3 is 5.97 Å². The van der Waals surface area contributed by atoms with Crippen molar-refractivity contribution in [2.75, 3.05) is 4.90 Å². The maximum absolute atomic E-state index is 12.4. The average Bonchev–Trinajstić information content (AvgIpc) is 3.26. The van der Waals surface area contributed by atoms with Crippen molar-refractivity contribution in [2.45, 2.75) is 26.9 Å². The van der Waals surface area contributed by atoms with Gasteiger partial charge < -0.3 is 9.15 Å². The van der Waals surface area contributed by atoms with E-state index in [0.717, 1.165) is 12.5 Å². The Balaban J connectivity index is 1.49. The molecule has 0 N–H and O–H groups in total. The predicted molar refractivity (Wildman–Crippen MR) is 122 cm³/mol. The summed E-state index contributed by atoms with van der Waals surface area (Å²) in [6.07, 6.45) is 0.907. The number of esters is 1. The molecule has 7 nitrogen and oxygen atoms in total. The molecule has 0 saturated carbocycles. The fourth-order valence-electron chi connectivity index (χ4n) is 3.19. The third-order valence-corrected chi connectivity index (χ3v) is 5.71. The number of ether oxygens (including phenoxy) is 1. The molecule has 0 aliphatic rings. The van der Waals surface area contributed by atoms with Gasteiger partial charge in [-0.25, -0.2) is 9.78 Å². The van der Waals surface area contributed by atoms with Crippen LogP contribution in [0.25, 0.3) is 11.0 Å². The number of hydrogen-bond acceptors (Lipinski definition) is 7. The molecule has 0 spiro atoms. The normalized spacial score (nSPS) is 10.8. The first-order valence-corrected chi connectivity index (χ1v) is 10.9. The zero-order valence-electron chi connectivity index (χ0n) is 17.5. The van der Waals surface area contributed by atoms with E-state index in [1.165, 1.54) is 28.7 Å². The first-order chi connectivity index (χ1) is 15.5. The smallest absolute Gasteiger partial charge is 0.374 e. The Labute approximate surface area is 187 Å². The number of aryl methyl sites for hydroxylation is 1. The van der Waals surface area contributed by atoms with E-state index in [1.807, 2.05) is 24.3 Å². The molecule has 32 heavy (non-hydrogen) atoms. The van der Waals surface area contributed by atoms with Crippen molar-refractivity contribution in [1.82, 2.24) is 4.98 Å². The van der Waals surface area contributed by atoms with Gasteiger partial charge in [0.2, 0.25) is 11.7 Å². The van der Waals surface area contributed by atoms with Gasteiger partial charge in [-0.1, -0.05) is 31.2 Å². The van der Waals surface area contributed by atoms with Crippen LogP contribution in [0.4, 0.5) is 10.8 Å². The lowest BCUT2D eigenvalue weighted by atomic mass is 10.1. The van der Waals surface area contributed by atoms with Gasteiger partial charge in [-0.3, -0.25) is 14.5 Å². The summed E-state index contributed by atoms with van der Waals surface area (Å²) in [6, 6.07) is 15.5. The second-order valence-corrected chi connectivity index (χ2v) is 7.88. The minimum atomic E-state index is -0.763. The van der Waals surface area contributed by atoms with Crippen molar-refractivity contribution in [2.24, 2.45) is 0 Å². The van der Waals surface area contributed by atoms with E-state index in [2.05, 4.69) is 11.9 Å². The Morgan fingerprint density at radius 1 is 1.12 bits per heavy atom. The number of carbonyl (C=O) groups is 2. The summed E-state index contributed by atoms with van der Waals surface area (Å²) in [5.74, 6) is -1.11. The van der Waals surface area contributed by atoms with Gasteiger partial charge in [0.1, 0.15) is 12.2 Å². The van der Waals surface area contributed by atoms with Gasteiger partial charge in [-0.15, -0.1) is 11.3 Å². The summed E-state index contributed by atoms with van der Waals surface area (Å²) in [7, 11) is 0. The maximum Gasteiger partial charge on any atom is 0.374 e. The molecule has 8 heteroatoms. The van der Waals surface area contributed by atoms with E-state index in [4.69, 9.17) is 9.15 Å². The number of carbonyl (C=O) groups excluding carboxylic acids is 2. The quantitative estimate of drug-likeness (QED) is 0.392. The molecule has 0 aliphatic carbocycles. The Bertz CT molecular complexity index is 1340. The monoisotopic (exact) mass is 448 g/mol. The lowest BCUT2D eigenvalue weighted by Gasteiger charge is -2.18. The molecule has 0 unspecified atom stereocenters. The topological polar surface area (TPSA) is 89.7 Å². The zero-order chi connectivity index (χ0) is 22.7. The van der Waals surface area contributed by atoms with Crippen LogP contribution in [-0.2, 0) is 22.6 Å². The van der Waals surface area contributed by atoms with Crippen LogP contribution in [0.3, 0.4) is 0 Å². The van der Waals surface area contributed by atoms with Crippen LogP contribution in [0.1, 0.15) is 35.7 Å².